The third-order valence-corrected chi connectivity index (χ3v) is 4.92. The summed E-state index contributed by atoms with van der Waals surface area (Å²) in [6.07, 6.45) is 3.57. The summed E-state index contributed by atoms with van der Waals surface area (Å²) in [4.78, 5) is 29.3. The molecule has 0 radical (unpaired) electrons. The van der Waals surface area contributed by atoms with Gasteiger partial charge in [-0.1, -0.05) is 48.0 Å². The van der Waals surface area contributed by atoms with Crippen LogP contribution in [-0.4, -0.2) is 33.6 Å². The number of aliphatic imine (C=N–C) groups is 2. The van der Waals surface area contributed by atoms with Crippen LogP contribution in [0.2, 0.25) is 10.0 Å². The van der Waals surface area contributed by atoms with E-state index >= 15 is 0 Å². The van der Waals surface area contributed by atoms with Crippen molar-refractivity contribution in [2.24, 2.45) is 9.98 Å². The van der Waals surface area contributed by atoms with Gasteiger partial charge in [0.15, 0.2) is 5.16 Å². The second kappa shape index (κ2) is 7.23. The number of thioether (sulfide) groups is 1. The van der Waals surface area contributed by atoms with Crippen LogP contribution in [0, 0.1) is 0 Å². The van der Waals surface area contributed by atoms with Gasteiger partial charge in [-0.25, -0.2) is 20.0 Å². The molecule has 1 aliphatic rings. The van der Waals surface area contributed by atoms with Crippen LogP contribution < -0.4 is 0 Å². The molecule has 25 heavy (non-hydrogen) atoms. The first-order valence-electron chi connectivity index (χ1n) is 7.46. The number of aromatic nitrogens is 2. The van der Waals surface area contributed by atoms with Gasteiger partial charge in [0, 0.05) is 18.4 Å². The maximum Gasteiger partial charge on any atom is 0.242 e. The van der Waals surface area contributed by atoms with Crippen LogP contribution in [0.3, 0.4) is 0 Å². The molecule has 0 N–H and O–H groups in total. The Balaban J connectivity index is 2.29. The molecule has 0 saturated carbocycles. The lowest BCUT2D eigenvalue weighted by Crippen LogP contribution is -2.27. The molecule has 0 bridgehead atoms. The molecule has 5 nitrogen and oxygen atoms in total. The molecular weight excluding hydrogens is 379 g/mol. The van der Waals surface area contributed by atoms with Gasteiger partial charge in [0.2, 0.25) is 5.91 Å². The number of halogens is 2. The average molecular weight is 393 g/mol. The minimum absolute atomic E-state index is 0.243. The molecular formula is C17H14Cl2N4OS. The Labute approximate surface area is 159 Å². The molecule has 2 heterocycles. The fourth-order valence-corrected chi connectivity index (χ4v) is 3.54. The molecule has 0 spiro atoms. The summed E-state index contributed by atoms with van der Waals surface area (Å²) >= 11 is 14.1. The first-order valence-corrected chi connectivity index (χ1v) is 9.44. The molecule has 8 heteroatoms. The van der Waals surface area contributed by atoms with Crippen LogP contribution in [0.4, 0.5) is 5.69 Å². The van der Waals surface area contributed by atoms with Gasteiger partial charge in [-0.3, -0.25) is 4.79 Å². The molecule has 2 aromatic rings. The normalized spacial score (nSPS) is 18.0. The monoisotopic (exact) mass is 392 g/mol. The van der Waals surface area contributed by atoms with Crippen LogP contribution in [0.1, 0.15) is 31.0 Å². The van der Waals surface area contributed by atoms with Crippen LogP contribution in [0.5, 0.6) is 0 Å². The topological polar surface area (TPSA) is 67.6 Å². The first-order chi connectivity index (χ1) is 11.9. The standard InChI is InChI=1S/C17H14Cl2N4OS/c1-8-14-12(7-20-17(23-14)25-3)22-16(15(8)21-9(2)24)13-10(18)5-4-6-11(13)19/h4-8H,1-3H3. The SMILES string of the molecule is CSc1ncc2c(n1)C(C)C(=NC(C)=O)C(c1c(Cl)cccc1Cl)=N2. The summed E-state index contributed by atoms with van der Waals surface area (Å²) in [6.45, 7) is 3.32. The van der Waals surface area contributed by atoms with Crippen molar-refractivity contribution < 1.29 is 4.79 Å². The van der Waals surface area contributed by atoms with E-state index in [1.54, 1.807) is 24.4 Å². The van der Waals surface area contributed by atoms with Gasteiger partial charge < -0.3 is 0 Å². The Morgan fingerprint density at radius 2 is 1.96 bits per heavy atom. The van der Waals surface area contributed by atoms with Crippen molar-refractivity contribution in [2.45, 2.75) is 24.9 Å². The van der Waals surface area contributed by atoms with Gasteiger partial charge in [0.1, 0.15) is 5.69 Å². The van der Waals surface area contributed by atoms with Crippen molar-refractivity contribution in [3.05, 3.63) is 45.7 Å². The zero-order valence-electron chi connectivity index (χ0n) is 13.7. The lowest BCUT2D eigenvalue weighted by atomic mass is 9.90. The maximum atomic E-state index is 11.7. The molecule has 1 amide bonds. The van der Waals surface area contributed by atoms with Crippen LogP contribution in [-0.2, 0) is 4.79 Å². The Kier molecular flexibility index (Phi) is 5.22. The maximum absolute atomic E-state index is 11.7. The lowest BCUT2D eigenvalue weighted by Gasteiger charge is -2.24. The number of rotatable bonds is 2. The number of amides is 1. The van der Waals surface area contributed by atoms with Crippen molar-refractivity contribution in [1.29, 1.82) is 0 Å². The molecule has 0 fully saturated rings. The summed E-state index contributed by atoms with van der Waals surface area (Å²) in [6, 6.07) is 5.21. The molecule has 1 aliphatic heterocycles. The quantitative estimate of drug-likeness (QED) is 0.547. The summed E-state index contributed by atoms with van der Waals surface area (Å²) < 4.78 is 0. The van der Waals surface area contributed by atoms with E-state index < -0.39 is 0 Å². The van der Waals surface area contributed by atoms with Crippen molar-refractivity contribution in [3.8, 4) is 0 Å². The van der Waals surface area contributed by atoms with Gasteiger partial charge in [0.05, 0.1) is 33.4 Å². The van der Waals surface area contributed by atoms with E-state index in [0.717, 1.165) is 5.69 Å². The van der Waals surface area contributed by atoms with Crippen molar-refractivity contribution in [2.75, 3.05) is 6.26 Å². The van der Waals surface area contributed by atoms with Crippen LogP contribution >= 0.6 is 35.0 Å². The first kappa shape index (κ1) is 18.0. The fourth-order valence-electron chi connectivity index (χ4n) is 2.61. The molecule has 0 saturated heterocycles. The van der Waals surface area contributed by atoms with E-state index in [1.165, 1.54) is 18.7 Å². The van der Waals surface area contributed by atoms with Crippen LogP contribution in [0.25, 0.3) is 0 Å². The highest BCUT2D eigenvalue weighted by molar-refractivity contribution is 7.98. The highest BCUT2D eigenvalue weighted by Crippen LogP contribution is 2.36. The predicted octanol–water partition coefficient (Wildman–Crippen LogP) is 4.73. The Morgan fingerprint density at radius 3 is 2.56 bits per heavy atom. The third-order valence-electron chi connectivity index (χ3n) is 3.73. The summed E-state index contributed by atoms with van der Waals surface area (Å²) in [5, 5.41) is 1.53. The van der Waals surface area contributed by atoms with E-state index in [9.17, 15) is 4.79 Å². The Morgan fingerprint density at radius 1 is 1.28 bits per heavy atom. The number of nitrogens with zero attached hydrogens (tertiary/aromatic N) is 4. The molecule has 3 rings (SSSR count). The predicted molar refractivity (Wildman–Crippen MR) is 103 cm³/mol. The number of hydrogen-bond donors (Lipinski definition) is 0. The molecule has 1 atom stereocenters. The number of carbonyl (C=O) groups excluding carboxylic acids is 1. The second-order valence-corrected chi connectivity index (χ2v) is 7.01. The van der Waals surface area contributed by atoms with Gasteiger partial charge in [-0.2, -0.15) is 0 Å². The number of fused-ring (bicyclic) bond motifs is 1. The highest BCUT2D eigenvalue weighted by atomic mass is 35.5. The average Bonchev–Trinajstić information content (AvgIpc) is 2.57. The fraction of sp³-hybridized carbons (Fsp3) is 0.235. The van der Waals surface area contributed by atoms with E-state index in [1.807, 2.05) is 13.2 Å². The Bertz CT molecular complexity index is 907. The summed E-state index contributed by atoms with van der Waals surface area (Å²) in [5.41, 5.74) is 2.88. The van der Waals surface area contributed by atoms with Gasteiger partial charge >= 0.3 is 0 Å². The second-order valence-electron chi connectivity index (χ2n) is 5.42. The summed E-state index contributed by atoms with van der Waals surface area (Å²) in [7, 11) is 0. The van der Waals surface area contributed by atoms with Gasteiger partial charge in [-0.05, 0) is 18.4 Å². The molecule has 128 valence electrons. The van der Waals surface area contributed by atoms with Gasteiger partial charge in [0.25, 0.3) is 0 Å². The zero-order valence-corrected chi connectivity index (χ0v) is 16.1. The number of benzene rings is 1. The zero-order chi connectivity index (χ0) is 18.1. The van der Waals surface area contributed by atoms with Crippen molar-refractivity contribution in [3.63, 3.8) is 0 Å². The van der Waals surface area contributed by atoms with E-state index in [0.29, 0.717) is 37.9 Å². The largest absolute Gasteiger partial charge is 0.273 e. The molecule has 1 aromatic carbocycles. The van der Waals surface area contributed by atoms with Gasteiger partial charge in [-0.15, -0.1) is 0 Å². The Hall–Kier alpha value is -1.76. The molecule has 0 aliphatic carbocycles. The number of carbonyl (C=O) groups is 1. The third kappa shape index (κ3) is 3.47. The van der Waals surface area contributed by atoms with E-state index in [4.69, 9.17) is 23.2 Å². The smallest absolute Gasteiger partial charge is 0.242 e. The molecule has 1 aromatic heterocycles. The van der Waals surface area contributed by atoms with E-state index in [-0.39, 0.29) is 11.8 Å². The summed E-state index contributed by atoms with van der Waals surface area (Å²) in [5.74, 6) is -0.562. The highest BCUT2D eigenvalue weighted by Gasteiger charge is 2.31. The van der Waals surface area contributed by atoms with Crippen molar-refractivity contribution in [1.82, 2.24) is 9.97 Å². The van der Waals surface area contributed by atoms with Crippen LogP contribution in [0.15, 0.2) is 39.5 Å². The number of hydrogen-bond acceptors (Lipinski definition) is 5. The lowest BCUT2D eigenvalue weighted by molar-refractivity contribution is -0.115. The minimum atomic E-state index is -0.319. The molecule has 1 unspecified atom stereocenters. The van der Waals surface area contributed by atoms with E-state index in [2.05, 4.69) is 20.0 Å². The van der Waals surface area contributed by atoms with Crippen molar-refractivity contribution >= 4 is 58.0 Å². The minimum Gasteiger partial charge on any atom is -0.273 e.